The van der Waals surface area contributed by atoms with E-state index in [4.69, 9.17) is 5.11 Å². The summed E-state index contributed by atoms with van der Waals surface area (Å²) in [5.41, 5.74) is 0.824. The minimum atomic E-state index is -1.00. The maximum Gasteiger partial charge on any atom is 0.269 e. The second-order valence-corrected chi connectivity index (χ2v) is 3.49. The Morgan fingerprint density at radius 2 is 1.94 bits per heavy atom. The van der Waals surface area contributed by atoms with E-state index in [9.17, 15) is 15.2 Å². The number of aliphatic hydroxyl groups excluding tert-OH is 2. The van der Waals surface area contributed by atoms with Crippen LogP contribution < -0.4 is 5.32 Å². The predicted molar refractivity (Wildman–Crippen MR) is 57.6 cm³/mol. The lowest BCUT2D eigenvalue weighted by Gasteiger charge is -2.15. The minimum Gasteiger partial charge on any atom is -0.389 e. The molecule has 0 fully saturated rings. The summed E-state index contributed by atoms with van der Waals surface area (Å²) in [7, 11) is 0. The highest BCUT2D eigenvalue weighted by Gasteiger charge is 2.10. The van der Waals surface area contributed by atoms with Gasteiger partial charge in [0.25, 0.3) is 5.69 Å². The molecule has 0 unspecified atom stereocenters. The van der Waals surface area contributed by atoms with Gasteiger partial charge in [-0.1, -0.05) is 12.1 Å². The van der Waals surface area contributed by atoms with E-state index in [2.05, 4.69) is 5.32 Å². The van der Waals surface area contributed by atoms with Crippen molar-refractivity contribution in [2.45, 2.75) is 25.8 Å². The smallest absolute Gasteiger partial charge is 0.269 e. The third-order valence-electron chi connectivity index (χ3n) is 2.12. The highest BCUT2D eigenvalue weighted by atomic mass is 16.6. The zero-order valence-corrected chi connectivity index (χ0v) is 8.83. The van der Waals surface area contributed by atoms with Gasteiger partial charge in [0.15, 0.2) is 0 Å². The molecule has 1 aromatic rings. The fourth-order valence-corrected chi connectivity index (χ4v) is 1.13. The first kappa shape index (κ1) is 12.6. The van der Waals surface area contributed by atoms with Crippen LogP contribution >= 0.6 is 0 Å². The van der Waals surface area contributed by atoms with Crippen molar-refractivity contribution in [3.05, 3.63) is 39.9 Å². The molecule has 1 aromatic carbocycles. The number of nitro benzene ring substituents is 1. The molecule has 0 saturated carbocycles. The van der Waals surface area contributed by atoms with E-state index >= 15 is 0 Å². The molecule has 0 heterocycles. The standard InChI is InChI=1S/C10H14N2O4/c1-7(13)10(14)11-6-8-2-4-9(5-3-8)12(15)16/h2-5,7,10-11,13-14H,6H2,1H3/t7-,10+/m1/s1. The number of rotatable bonds is 5. The Morgan fingerprint density at radius 1 is 1.38 bits per heavy atom. The lowest BCUT2D eigenvalue weighted by Crippen LogP contribution is -2.37. The van der Waals surface area contributed by atoms with Crippen molar-refractivity contribution < 1.29 is 15.1 Å². The van der Waals surface area contributed by atoms with Crippen LogP contribution in [-0.4, -0.2) is 27.5 Å². The molecule has 0 aromatic heterocycles. The summed E-state index contributed by atoms with van der Waals surface area (Å²) in [5, 5.41) is 31.3. The largest absolute Gasteiger partial charge is 0.389 e. The summed E-state index contributed by atoms with van der Waals surface area (Å²) in [5.74, 6) is 0. The van der Waals surface area contributed by atoms with Crippen molar-refractivity contribution in [2.24, 2.45) is 0 Å². The first-order valence-corrected chi connectivity index (χ1v) is 4.83. The van der Waals surface area contributed by atoms with Crippen LogP contribution in [0.2, 0.25) is 0 Å². The zero-order chi connectivity index (χ0) is 12.1. The normalized spacial score (nSPS) is 14.4. The third-order valence-corrected chi connectivity index (χ3v) is 2.12. The van der Waals surface area contributed by atoms with E-state index in [1.807, 2.05) is 0 Å². The van der Waals surface area contributed by atoms with Gasteiger partial charge in [0.2, 0.25) is 0 Å². The number of hydrogen-bond donors (Lipinski definition) is 3. The Bertz CT molecular complexity index is 350. The maximum absolute atomic E-state index is 10.4. The van der Waals surface area contributed by atoms with Crippen LogP contribution in [0, 0.1) is 10.1 Å². The lowest BCUT2D eigenvalue weighted by atomic mass is 10.2. The quantitative estimate of drug-likeness (QED) is 0.383. The van der Waals surface area contributed by atoms with E-state index in [1.54, 1.807) is 12.1 Å². The Hall–Kier alpha value is -1.50. The molecular formula is C10H14N2O4. The van der Waals surface area contributed by atoms with Gasteiger partial charge in [0.1, 0.15) is 6.23 Å². The van der Waals surface area contributed by atoms with Gasteiger partial charge >= 0.3 is 0 Å². The fraction of sp³-hybridized carbons (Fsp3) is 0.400. The number of nitrogens with zero attached hydrogens (tertiary/aromatic N) is 1. The molecule has 88 valence electrons. The molecular weight excluding hydrogens is 212 g/mol. The maximum atomic E-state index is 10.4. The van der Waals surface area contributed by atoms with E-state index in [-0.39, 0.29) is 5.69 Å². The first-order valence-electron chi connectivity index (χ1n) is 4.83. The summed E-state index contributed by atoms with van der Waals surface area (Å²) >= 11 is 0. The van der Waals surface area contributed by atoms with Crippen molar-refractivity contribution in [3.8, 4) is 0 Å². The van der Waals surface area contributed by atoms with Crippen LogP contribution in [0.1, 0.15) is 12.5 Å². The Balaban J connectivity index is 2.53. The monoisotopic (exact) mass is 226 g/mol. The molecule has 0 aliphatic rings. The van der Waals surface area contributed by atoms with Crippen molar-refractivity contribution in [2.75, 3.05) is 0 Å². The zero-order valence-electron chi connectivity index (χ0n) is 8.83. The van der Waals surface area contributed by atoms with Crippen LogP contribution in [0.3, 0.4) is 0 Å². The SMILES string of the molecule is C[C@@H](O)[C@H](O)NCc1ccc([N+](=O)[O-])cc1. The topological polar surface area (TPSA) is 95.6 Å². The van der Waals surface area contributed by atoms with Gasteiger partial charge in [0.05, 0.1) is 11.0 Å². The molecule has 0 bridgehead atoms. The number of benzene rings is 1. The molecule has 16 heavy (non-hydrogen) atoms. The number of hydrogen-bond acceptors (Lipinski definition) is 5. The molecule has 0 spiro atoms. The van der Waals surface area contributed by atoms with Crippen LogP contribution in [0.4, 0.5) is 5.69 Å². The molecule has 0 saturated heterocycles. The second-order valence-electron chi connectivity index (χ2n) is 3.49. The van der Waals surface area contributed by atoms with Gasteiger partial charge in [-0.3, -0.25) is 15.4 Å². The molecule has 0 amide bonds. The Labute approximate surface area is 92.7 Å². The third kappa shape index (κ3) is 3.58. The van der Waals surface area contributed by atoms with E-state index < -0.39 is 17.3 Å². The fourth-order valence-electron chi connectivity index (χ4n) is 1.13. The summed E-state index contributed by atoms with van der Waals surface area (Å²) in [6.45, 7) is 1.80. The second kappa shape index (κ2) is 5.55. The van der Waals surface area contributed by atoms with Crippen molar-refractivity contribution in [1.82, 2.24) is 5.32 Å². The molecule has 6 heteroatoms. The lowest BCUT2D eigenvalue weighted by molar-refractivity contribution is -0.384. The van der Waals surface area contributed by atoms with E-state index in [0.717, 1.165) is 5.56 Å². The number of aliphatic hydroxyl groups is 2. The minimum absolute atomic E-state index is 0.0276. The average molecular weight is 226 g/mol. The highest BCUT2D eigenvalue weighted by molar-refractivity contribution is 5.32. The van der Waals surface area contributed by atoms with Crippen molar-refractivity contribution in [1.29, 1.82) is 0 Å². The number of nitrogens with one attached hydrogen (secondary N) is 1. The van der Waals surface area contributed by atoms with Gasteiger partial charge in [-0.05, 0) is 12.5 Å². The molecule has 0 aliphatic heterocycles. The van der Waals surface area contributed by atoms with Crippen LogP contribution in [0.15, 0.2) is 24.3 Å². The summed E-state index contributed by atoms with van der Waals surface area (Å²) in [4.78, 5) is 9.91. The number of nitro groups is 1. The summed E-state index contributed by atoms with van der Waals surface area (Å²) < 4.78 is 0. The molecule has 0 aliphatic carbocycles. The van der Waals surface area contributed by atoms with Gasteiger partial charge in [-0.15, -0.1) is 0 Å². The molecule has 1 rings (SSSR count). The van der Waals surface area contributed by atoms with Crippen LogP contribution in [0.25, 0.3) is 0 Å². The van der Waals surface area contributed by atoms with Crippen molar-refractivity contribution >= 4 is 5.69 Å². The van der Waals surface area contributed by atoms with Gasteiger partial charge in [-0.25, -0.2) is 0 Å². The van der Waals surface area contributed by atoms with Gasteiger partial charge < -0.3 is 10.2 Å². The number of non-ortho nitro benzene ring substituents is 1. The first-order chi connectivity index (χ1) is 7.50. The van der Waals surface area contributed by atoms with E-state index in [1.165, 1.54) is 19.1 Å². The van der Waals surface area contributed by atoms with Crippen molar-refractivity contribution in [3.63, 3.8) is 0 Å². The molecule has 3 N–H and O–H groups in total. The highest BCUT2D eigenvalue weighted by Crippen LogP contribution is 2.11. The van der Waals surface area contributed by atoms with Crippen LogP contribution in [0.5, 0.6) is 0 Å². The summed E-state index contributed by atoms with van der Waals surface area (Å²) in [6, 6.07) is 5.98. The average Bonchev–Trinajstić information content (AvgIpc) is 2.26. The predicted octanol–water partition coefficient (Wildman–Crippen LogP) is 0.384. The van der Waals surface area contributed by atoms with Gasteiger partial charge in [-0.2, -0.15) is 0 Å². The molecule has 0 radical (unpaired) electrons. The van der Waals surface area contributed by atoms with E-state index in [0.29, 0.717) is 6.54 Å². The Kier molecular flexibility index (Phi) is 4.36. The molecule has 6 nitrogen and oxygen atoms in total. The summed E-state index contributed by atoms with van der Waals surface area (Å²) in [6.07, 6.45) is -1.87. The Morgan fingerprint density at radius 3 is 2.38 bits per heavy atom. The molecule has 2 atom stereocenters. The van der Waals surface area contributed by atoms with Gasteiger partial charge in [0, 0.05) is 18.7 Å². The van der Waals surface area contributed by atoms with Crippen LogP contribution in [-0.2, 0) is 6.54 Å².